The Labute approximate surface area is 192 Å². The lowest BCUT2D eigenvalue weighted by Gasteiger charge is -2.25. The quantitative estimate of drug-likeness (QED) is 0.401. The van der Waals surface area contributed by atoms with Crippen LogP contribution in [0, 0.1) is 5.92 Å². The molecule has 1 aromatic rings. The fraction of sp³-hybridized carbons (Fsp3) is 0.571. The summed E-state index contributed by atoms with van der Waals surface area (Å²) in [6.45, 7) is 5.23. The van der Waals surface area contributed by atoms with Crippen molar-refractivity contribution >= 4 is 27.7 Å². The molecule has 0 amide bonds. The number of methoxy groups -OCH3 is 1. The average Bonchev–Trinajstić information content (AvgIpc) is 3.14. The average molecular weight is 491 g/mol. The number of hydrogen-bond acceptors (Lipinski definition) is 9. The van der Waals surface area contributed by atoms with Gasteiger partial charge < -0.3 is 23.7 Å². The molecule has 0 radical (unpaired) electrons. The van der Waals surface area contributed by atoms with Crippen LogP contribution in [0.5, 0.6) is 0 Å². The topological polar surface area (TPSA) is 107 Å². The highest BCUT2D eigenvalue weighted by atomic mass is 35.5. The molecule has 2 aliphatic rings. The third kappa shape index (κ3) is 5.81. The zero-order valence-electron chi connectivity index (χ0n) is 18.4. The molecule has 2 heterocycles. The van der Waals surface area contributed by atoms with Crippen molar-refractivity contribution in [1.82, 2.24) is 0 Å². The van der Waals surface area contributed by atoms with Crippen molar-refractivity contribution < 1.29 is 41.1 Å². The van der Waals surface area contributed by atoms with Crippen LogP contribution in [0.2, 0.25) is 5.02 Å². The first-order valence-electron chi connectivity index (χ1n) is 10.0. The minimum Gasteiger partial charge on any atom is -0.465 e. The fourth-order valence-electron chi connectivity index (χ4n) is 3.69. The number of carbonyl (C=O) groups excluding carboxylic acids is 1. The van der Waals surface area contributed by atoms with E-state index in [2.05, 4.69) is 0 Å². The zero-order valence-corrected chi connectivity index (χ0v) is 20.0. The maximum absolute atomic E-state index is 12.9. The molecule has 0 aromatic heterocycles. The maximum Gasteiger partial charge on any atom is 0.315 e. The summed E-state index contributed by atoms with van der Waals surface area (Å²) in [5, 5.41) is 0.352. The molecule has 11 heteroatoms. The van der Waals surface area contributed by atoms with Crippen molar-refractivity contribution in [3.63, 3.8) is 0 Å². The number of rotatable bonds is 8. The molecule has 2 unspecified atom stereocenters. The molecule has 5 atom stereocenters. The monoisotopic (exact) mass is 490 g/mol. The minimum atomic E-state index is -3.96. The molecule has 0 aliphatic carbocycles. The Morgan fingerprint density at radius 2 is 2.03 bits per heavy atom. The Morgan fingerprint density at radius 3 is 2.62 bits per heavy atom. The fourth-order valence-corrected chi connectivity index (χ4v) is 4.50. The highest BCUT2D eigenvalue weighted by molar-refractivity contribution is 7.86. The molecule has 3 rings (SSSR count). The first-order chi connectivity index (χ1) is 14.9. The molecule has 2 saturated heterocycles. The van der Waals surface area contributed by atoms with Gasteiger partial charge in [0.2, 0.25) is 6.29 Å². The van der Waals surface area contributed by atoms with E-state index in [1.54, 1.807) is 39.0 Å². The molecule has 0 N–H and O–H groups in total. The Balaban J connectivity index is 2.03. The van der Waals surface area contributed by atoms with Crippen LogP contribution in [0.15, 0.2) is 36.1 Å². The number of benzene rings is 1. The summed E-state index contributed by atoms with van der Waals surface area (Å²) in [6, 6.07) is 6.39. The minimum absolute atomic E-state index is 0.0832. The van der Waals surface area contributed by atoms with E-state index < -0.39 is 52.4 Å². The first-order valence-corrected chi connectivity index (χ1v) is 12.2. The van der Waals surface area contributed by atoms with Gasteiger partial charge in [0, 0.05) is 12.1 Å². The molecule has 0 bridgehead atoms. The summed E-state index contributed by atoms with van der Waals surface area (Å²) in [4.78, 5) is 12.9. The van der Waals surface area contributed by atoms with Crippen LogP contribution in [0.3, 0.4) is 0 Å². The normalized spacial score (nSPS) is 27.6. The van der Waals surface area contributed by atoms with Gasteiger partial charge >= 0.3 is 5.97 Å². The summed E-state index contributed by atoms with van der Waals surface area (Å²) < 4.78 is 57.7. The summed E-state index contributed by atoms with van der Waals surface area (Å²) in [6.07, 6.45) is -0.917. The first kappa shape index (κ1) is 24.9. The maximum atomic E-state index is 12.9. The zero-order chi connectivity index (χ0) is 23.7. The Bertz CT molecular complexity index is 975. The van der Waals surface area contributed by atoms with Gasteiger partial charge in [-0.1, -0.05) is 23.7 Å². The summed E-state index contributed by atoms with van der Waals surface area (Å²) in [7, 11) is -2.49. The van der Waals surface area contributed by atoms with Gasteiger partial charge in [-0.2, -0.15) is 8.42 Å². The Kier molecular flexibility index (Phi) is 7.53. The van der Waals surface area contributed by atoms with E-state index in [0.717, 1.165) is 6.26 Å². The number of esters is 1. The Morgan fingerprint density at radius 1 is 1.31 bits per heavy atom. The molecule has 9 nitrogen and oxygen atoms in total. The molecule has 2 fully saturated rings. The van der Waals surface area contributed by atoms with Crippen molar-refractivity contribution in [2.75, 3.05) is 20.0 Å². The lowest BCUT2D eigenvalue weighted by Crippen LogP contribution is -2.32. The molecule has 32 heavy (non-hydrogen) atoms. The van der Waals surface area contributed by atoms with Crippen molar-refractivity contribution in [3.05, 3.63) is 46.7 Å². The van der Waals surface area contributed by atoms with Gasteiger partial charge in [0.05, 0.1) is 12.9 Å². The smallest absolute Gasteiger partial charge is 0.315 e. The highest BCUT2D eigenvalue weighted by Gasteiger charge is 2.54. The van der Waals surface area contributed by atoms with Crippen LogP contribution in [0.4, 0.5) is 0 Å². The number of fused-ring (bicyclic) bond motifs is 1. The van der Waals surface area contributed by atoms with Crippen LogP contribution in [0.25, 0.3) is 0 Å². The molecular formula is C21H27ClO9S. The Hall–Kier alpha value is -1.69. The van der Waals surface area contributed by atoms with Crippen molar-refractivity contribution in [1.29, 1.82) is 0 Å². The molecule has 1 aromatic carbocycles. The second-order valence-electron chi connectivity index (χ2n) is 7.87. The van der Waals surface area contributed by atoms with E-state index >= 15 is 0 Å². The van der Waals surface area contributed by atoms with Crippen LogP contribution in [0.1, 0.15) is 32.4 Å². The van der Waals surface area contributed by atoms with Gasteiger partial charge in [0.15, 0.2) is 11.9 Å². The van der Waals surface area contributed by atoms with Gasteiger partial charge in [-0.05, 0) is 44.5 Å². The standard InChI is InChI=1S/C21H27ClO9S/c1-6-27-19(23)14(16(31-32(5,24)25)12-8-7-9-13(22)10-12)11-15-17(26-4)18-20(28-15)30-21(2,3)29-18/h7-11,14,16-18,20H,6H2,1-5H3/b15-11-/t14?,16?,17-,18+,20+/m0/s1. The van der Waals surface area contributed by atoms with E-state index in [1.807, 2.05) is 0 Å². The predicted octanol–water partition coefficient (Wildman–Crippen LogP) is 2.94. The van der Waals surface area contributed by atoms with Crippen LogP contribution < -0.4 is 0 Å². The predicted molar refractivity (Wildman–Crippen MR) is 114 cm³/mol. The van der Waals surface area contributed by atoms with Crippen LogP contribution in [-0.4, -0.2) is 58.6 Å². The lowest BCUT2D eigenvalue weighted by molar-refractivity contribution is -0.190. The van der Waals surface area contributed by atoms with E-state index in [0.29, 0.717) is 10.6 Å². The van der Waals surface area contributed by atoms with Gasteiger partial charge in [0.25, 0.3) is 10.1 Å². The number of halogens is 1. The van der Waals surface area contributed by atoms with Crippen molar-refractivity contribution in [2.24, 2.45) is 5.92 Å². The summed E-state index contributed by atoms with van der Waals surface area (Å²) in [5.41, 5.74) is 0.374. The van der Waals surface area contributed by atoms with Crippen molar-refractivity contribution in [2.45, 2.75) is 51.2 Å². The SMILES string of the molecule is CCOC(=O)C(/C=C1\O[C@@H]2OC(C)(C)O[C@@H]2[C@H]1OC)C(OS(C)(=O)=O)c1cccc(Cl)c1. The molecule has 0 spiro atoms. The van der Waals surface area contributed by atoms with Gasteiger partial charge in [-0.3, -0.25) is 8.98 Å². The molecular weight excluding hydrogens is 464 g/mol. The number of hydrogen-bond donors (Lipinski definition) is 0. The van der Waals surface area contributed by atoms with E-state index in [4.69, 9.17) is 39.5 Å². The molecule has 0 saturated carbocycles. The molecule has 2 aliphatic heterocycles. The highest BCUT2D eigenvalue weighted by Crippen LogP contribution is 2.42. The lowest BCUT2D eigenvalue weighted by atomic mass is 9.94. The second-order valence-corrected chi connectivity index (χ2v) is 9.90. The third-order valence-electron chi connectivity index (χ3n) is 4.86. The number of ether oxygens (including phenoxy) is 5. The third-order valence-corrected chi connectivity index (χ3v) is 5.65. The van der Waals surface area contributed by atoms with E-state index in [-0.39, 0.29) is 12.4 Å². The summed E-state index contributed by atoms with van der Waals surface area (Å²) in [5.74, 6) is -2.50. The van der Waals surface area contributed by atoms with Crippen LogP contribution in [-0.2, 0) is 42.8 Å². The number of carbonyl (C=O) groups is 1. The second kappa shape index (κ2) is 9.66. The van der Waals surface area contributed by atoms with Gasteiger partial charge in [-0.25, -0.2) is 0 Å². The van der Waals surface area contributed by atoms with Gasteiger partial charge in [-0.15, -0.1) is 0 Å². The van der Waals surface area contributed by atoms with Crippen LogP contribution >= 0.6 is 11.6 Å². The summed E-state index contributed by atoms with van der Waals surface area (Å²) >= 11 is 6.10. The molecule has 178 valence electrons. The van der Waals surface area contributed by atoms with Gasteiger partial charge in [0.1, 0.15) is 23.9 Å². The van der Waals surface area contributed by atoms with E-state index in [9.17, 15) is 13.2 Å². The largest absolute Gasteiger partial charge is 0.465 e. The van der Waals surface area contributed by atoms with Crippen molar-refractivity contribution in [3.8, 4) is 0 Å². The van der Waals surface area contributed by atoms with E-state index in [1.165, 1.54) is 19.3 Å².